The molecule has 5 rings (SSSR count). The Morgan fingerprint density at radius 2 is 2.07 bits per heavy atom. The van der Waals surface area contributed by atoms with E-state index in [9.17, 15) is 5.11 Å². The van der Waals surface area contributed by atoms with Gasteiger partial charge in [0.15, 0.2) is 17.3 Å². The zero-order chi connectivity index (χ0) is 20.9. The monoisotopic (exact) mass is 523 g/mol. The summed E-state index contributed by atoms with van der Waals surface area (Å²) >= 11 is 2.29. The molecule has 0 unspecified atom stereocenters. The maximum Gasteiger partial charge on any atom is 0.197 e. The Balaban J connectivity index is 1.43. The van der Waals surface area contributed by atoms with Crippen LogP contribution in [-0.4, -0.2) is 55.4 Å². The van der Waals surface area contributed by atoms with E-state index in [2.05, 4.69) is 61.2 Å². The van der Waals surface area contributed by atoms with Crippen LogP contribution in [0.4, 0.5) is 5.82 Å². The van der Waals surface area contributed by atoms with Gasteiger partial charge in [0.2, 0.25) is 0 Å². The van der Waals surface area contributed by atoms with Crippen molar-refractivity contribution in [1.29, 1.82) is 0 Å². The van der Waals surface area contributed by atoms with E-state index in [0.29, 0.717) is 18.0 Å². The summed E-state index contributed by atoms with van der Waals surface area (Å²) in [5, 5.41) is 17.5. The average molecular weight is 523 g/mol. The van der Waals surface area contributed by atoms with Crippen LogP contribution in [0.5, 0.6) is 0 Å². The lowest BCUT2D eigenvalue weighted by molar-refractivity contribution is -0.191. The Bertz CT molecular complexity index is 1070. The number of nitrogens with one attached hydrogen (secondary N) is 1. The second-order valence-corrected chi connectivity index (χ2v) is 9.10. The normalized spacial score (nSPS) is 27.5. The molecular weight excluding hydrogens is 501 g/mol. The molecule has 2 aliphatic rings. The fraction of sp³-hybridized carbons (Fsp3) is 0.450. The van der Waals surface area contributed by atoms with Gasteiger partial charge >= 0.3 is 0 Å². The van der Waals surface area contributed by atoms with Crippen molar-refractivity contribution in [3.05, 3.63) is 51.6 Å². The molecule has 30 heavy (non-hydrogen) atoms. The molecule has 2 aliphatic heterocycles. The molecule has 9 nitrogen and oxygen atoms in total. The molecule has 0 saturated carbocycles. The summed E-state index contributed by atoms with van der Waals surface area (Å²) in [5.41, 5.74) is 2.48. The molecule has 4 atom stereocenters. The van der Waals surface area contributed by atoms with Crippen LogP contribution in [0.15, 0.2) is 36.8 Å². The molecule has 158 valence electrons. The number of hydrogen-bond acceptors (Lipinski definition) is 8. The van der Waals surface area contributed by atoms with E-state index in [1.54, 1.807) is 10.7 Å². The lowest BCUT2D eigenvalue weighted by Gasteiger charge is -2.23. The minimum atomic E-state index is -0.736. The zero-order valence-corrected chi connectivity index (χ0v) is 18.7. The van der Waals surface area contributed by atoms with Crippen LogP contribution < -0.4 is 5.32 Å². The number of ether oxygens (including phenoxy) is 3. The highest BCUT2D eigenvalue weighted by Crippen LogP contribution is 2.45. The van der Waals surface area contributed by atoms with Crippen molar-refractivity contribution in [1.82, 2.24) is 19.6 Å². The van der Waals surface area contributed by atoms with Gasteiger partial charge in [-0.3, -0.25) is 0 Å². The molecule has 0 amide bonds. The molecule has 4 heterocycles. The molecule has 10 heteroatoms. The number of fused-ring (bicyclic) bond motifs is 2. The van der Waals surface area contributed by atoms with Gasteiger partial charge in [-0.1, -0.05) is 12.1 Å². The third-order valence-electron chi connectivity index (χ3n) is 5.30. The lowest BCUT2D eigenvalue weighted by Crippen LogP contribution is -2.31. The fourth-order valence-electron chi connectivity index (χ4n) is 4.05. The first kappa shape index (κ1) is 20.1. The minimum absolute atomic E-state index is 0.147. The molecule has 2 N–H and O–H groups in total. The Hall–Kier alpha value is -1.86. The third-order valence-corrected chi connectivity index (χ3v) is 5.97. The Kier molecular flexibility index (Phi) is 5.14. The zero-order valence-electron chi connectivity index (χ0n) is 16.5. The van der Waals surface area contributed by atoms with E-state index in [1.165, 1.54) is 9.90 Å². The summed E-state index contributed by atoms with van der Waals surface area (Å²) in [7, 11) is 0. The number of rotatable bonds is 5. The van der Waals surface area contributed by atoms with Gasteiger partial charge in [-0.25, -0.2) is 14.5 Å². The van der Waals surface area contributed by atoms with Crippen LogP contribution >= 0.6 is 22.6 Å². The topological polar surface area (TPSA) is 103 Å². The number of aliphatic hydroxyl groups is 1. The van der Waals surface area contributed by atoms with Crippen molar-refractivity contribution >= 4 is 34.1 Å². The van der Waals surface area contributed by atoms with E-state index in [1.807, 2.05) is 19.9 Å². The molecule has 2 aromatic heterocycles. The van der Waals surface area contributed by atoms with Gasteiger partial charge < -0.3 is 24.6 Å². The standard InChI is InChI=1S/C20H22IN5O4/c1-20(2)29-16-14(9-27)28-15(17(16)30-20)13-8-23-19-18(24-10-25-26(13)19)22-7-11-4-3-5-12(21)6-11/h3-6,8,10,14-17,27H,7,9H2,1-2H3,(H,22,24,25)/t14-,15+,16-,17+/m1/s1. The van der Waals surface area contributed by atoms with Crippen molar-refractivity contribution < 1.29 is 19.3 Å². The van der Waals surface area contributed by atoms with Gasteiger partial charge in [-0.15, -0.1) is 0 Å². The summed E-state index contributed by atoms with van der Waals surface area (Å²) in [6.07, 6.45) is 1.59. The van der Waals surface area contributed by atoms with E-state index >= 15 is 0 Å². The number of nitrogens with zero attached hydrogens (tertiary/aromatic N) is 4. The molecule has 0 radical (unpaired) electrons. The highest BCUT2D eigenvalue weighted by atomic mass is 127. The summed E-state index contributed by atoms with van der Waals surface area (Å²) in [4.78, 5) is 8.89. The van der Waals surface area contributed by atoms with Crippen LogP contribution in [0.25, 0.3) is 5.65 Å². The van der Waals surface area contributed by atoms with Crippen molar-refractivity contribution in [2.75, 3.05) is 11.9 Å². The van der Waals surface area contributed by atoms with E-state index in [0.717, 1.165) is 11.3 Å². The first-order valence-corrected chi connectivity index (χ1v) is 10.8. The molecule has 1 aromatic carbocycles. The van der Waals surface area contributed by atoms with Crippen LogP contribution in [-0.2, 0) is 20.8 Å². The molecule has 0 spiro atoms. The van der Waals surface area contributed by atoms with Crippen LogP contribution in [0.2, 0.25) is 0 Å². The molecule has 0 bridgehead atoms. The van der Waals surface area contributed by atoms with E-state index in [-0.39, 0.29) is 18.8 Å². The summed E-state index contributed by atoms with van der Waals surface area (Å²) in [6.45, 7) is 4.19. The number of benzene rings is 1. The van der Waals surface area contributed by atoms with Crippen LogP contribution in [0, 0.1) is 3.57 Å². The molecular formula is C20H22IN5O4. The van der Waals surface area contributed by atoms with Crippen molar-refractivity contribution in [2.45, 2.75) is 50.6 Å². The molecule has 2 saturated heterocycles. The van der Waals surface area contributed by atoms with Gasteiger partial charge in [0.1, 0.15) is 30.7 Å². The van der Waals surface area contributed by atoms with Crippen molar-refractivity contribution in [2.24, 2.45) is 0 Å². The second-order valence-electron chi connectivity index (χ2n) is 7.85. The van der Waals surface area contributed by atoms with E-state index < -0.39 is 18.0 Å². The van der Waals surface area contributed by atoms with Gasteiger partial charge in [0, 0.05) is 10.1 Å². The van der Waals surface area contributed by atoms with E-state index in [4.69, 9.17) is 14.2 Å². The number of halogens is 1. The van der Waals surface area contributed by atoms with Crippen LogP contribution in [0.3, 0.4) is 0 Å². The first-order valence-electron chi connectivity index (χ1n) is 9.74. The predicted molar refractivity (Wildman–Crippen MR) is 116 cm³/mol. The summed E-state index contributed by atoms with van der Waals surface area (Å²) < 4.78 is 21.0. The van der Waals surface area contributed by atoms with Gasteiger partial charge in [-0.2, -0.15) is 5.10 Å². The average Bonchev–Trinajstić information content (AvgIpc) is 3.37. The number of imidazole rings is 1. The van der Waals surface area contributed by atoms with Gasteiger partial charge in [0.25, 0.3) is 0 Å². The maximum absolute atomic E-state index is 9.73. The molecule has 3 aromatic rings. The smallest absolute Gasteiger partial charge is 0.197 e. The van der Waals surface area contributed by atoms with Crippen molar-refractivity contribution in [3.63, 3.8) is 0 Å². The Morgan fingerprint density at radius 1 is 1.23 bits per heavy atom. The minimum Gasteiger partial charge on any atom is -0.394 e. The molecule has 0 aliphatic carbocycles. The van der Waals surface area contributed by atoms with Crippen LogP contribution in [0.1, 0.15) is 31.2 Å². The SMILES string of the molecule is CC1(C)O[C@@H]2[C@H](O1)[C@@H](CO)O[C@H]2c1cnc2c(NCc3cccc(I)c3)ncnn12. The highest BCUT2D eigenvalue weighted by Gasteiger charge is 2.56. The van der Waals surface area contributed by atoms with Crippen molar-refractivity contribution in [3.8, 4) is 0 Å². The molecule has 2 fully saturated rings. The number of hydrogen-bond donors (Lipinski definition) is 2. The summed E-state index contributed by atoms with van der Waals surface area (Å²) in [6, 6.07) is 8.26. The quantitative estimate of drug-likeness (QED) is 0.492. The summed E-state index contributed by atoms with van der Waals surface area (Å²) in [5.74, 6) is -0.104. The second kappa shape index (κ2) is 7.68. The van der Waals surface area contributed by atoms with Gasteiger partial charge in [-0.05, 0) is 54.1 Å². The number of aliphatic hydroxyl groups excluding tert-OH is 1. The Morgan fingerprint density at radius 3 is 2.87 bits per heavy atom. The number of anilines is 1. The first-order chi connectivity index (χ1) is 14.4. The highest BCUT2D eigenvalue weighted by molar-refractivity contribution is 14.1. The third kappa shape index (κ3) is 3.56. The number of aromatic nitrogens is 4. The fourth-order valence-corrected chi connectivity index (χ4v) is 4.66. The maximum atomic E-state index is 9.73. The predicted octanol–water partition coefficient (Wildman–Crippen LogP) is 2.29. The largest absolute Gasteiger partial charge is 0.394 e. The lowest BCUT2D eigenvalue weighted by atomic mass is 10.1. The van der Waals surface area contributed by atoms with Gasteiger partial charge in [0.05, 0.1) is 18.5 Å². The Labute approximate surface area is 186 Å².